The number of carbonyl (C=O) groups is 3. The molecule has 0 atom stereocenters. The number of hydrogen-bond acceptors (Lipinski definition) is 4. The SMILES string of the molecule is C=CCOC(=O)Nc1ccc(C)c(NC(=O)N2CCCCCC2=O)c1. The lowest BCUT2D eigenvalue weighted by molar-refractivity contribution is -0.127. The Kier molecular flexibility index (Phi) is 6.56. The predicted octanol–water partition coefficient (Wildman–Crippen LogP) is 3.66. The van der Waals surface area contributed by atoms with Gasteiger partial charge in [-0.25, -0.2) is 9.59 Å². The number of imide groups is 1. The zero-order valence-electron chi connectivity index (χ0n) is 14.3. The summed E-state index contributed by atoms with van der Waals surface area (Å²) in [7, 11) is 0. The Balaban J connectivity index is 2.06. The third-order valence-corrected chi connectivity index (χ3v) is 3.88. The number of likely N-dealkylation sites (tertiary alicyclic amines) is 1. The van der Waals surface area contributed by atoms with E-state index in [0.29, 0.717) is 24.3 Å². The molecule has 7 nitrogen and oxygen atoms in total. The van der Waals surface area contributed by atoms with Crippen LogP contribution in [0.1, 0.15) is 31.2 Å². The molecule has 0 aromatic heterocycles. The Hall–Kier alpha value is -2.83. The maximum absolute atomic E-state index is 12.4. The minimum Gasteiger partial charge on any atom is -0.445 e. The lowest BCUT2D eigenvalue weighted by Crippen LogP contribution is -2.39. The van der Waals surface area contributed by atoms with E-state index in [1.54, 1.807) is 18.2 Å². The van der Waals surface area contributed by atoms with Gasteiger partial charge in [-0.15, -0.1) is 0 Å². The van der Waals surface area contributed by atoms with Crippen LogP contribution in [-0.4, -0.2) is 36.1 Å². The van der Waals surface area contributed by atoms with Gasteiger partial charge in [0, 0.05) is 24.3 Å². The van der Waals surface area contributed by atoms with E-state index in [1.165, 1.54) is 11.0 Å². The second kappa shape index (κ2) is 8.86. The quantitative estimate of drug-likeness (QED) is 0.815. The number of aryl methyl sites for hydroxylation is 1. The van der Waals surface area contributed by atoms with Crippen LogP contribution in [0.3, 0.4) is 0 Å². The van der Waals surface area contributed by atoms with E-state index in [4.69, 9.17) is 4.74 Å². The number of ether oxygens (including phenoxy) is 1. The van der Waals surface area contributed by atoms with Gasteiger partial charge in [-0.3, -0.25) is 15.0 Å². The van der Waals surface area contributed by atoms with Gasteiger partial charge in [-0.2, -0.15) is 0 Å². The van der Waals surface area contributed by atoms with E-state index >= 15 is 0 Å². The monoisotopic (exact) mass is 345 g/mol. The molecular formula is C18H23N3O4. The molecule has 2 rings (SSSR count). The zero-order chi connectivity index (χ0) is 18.2. The maximum atomic E-state index is 12.4. The van der Waals surface area contributed by atoms with E-state index in [9.17, 15) is 14.4 Å². The number of urea groups is 1. The molecule has 25 heavy (non-hydrogen) atoms. The first kappa shape index (κ1) is 18.5. The van der Waals surface area contributed by atoms with Crippen molar-refractivity contribution in [3.63, 3.8) is 0 Å². The van der Waals surface area contributed by atoms with Gasteiger partial charge in [-0.1, -0.05) is 25.1 Å². The molecule has 0 radical (unpaired) electrons. The third kappa shape index (κ3) is 5.34. The highest BCUT2D eigenvalue weighted by Crippen LogP contribution is 2.22. The van der Waals surface area contributed by atoms with Crippen LogP contribution in [0, 0.1) is 6.92 Å². The largest absolute Gasteiger partial charge is 0.445 e. The van der Waals surface area contributed by atoms with Gasteiger partial charge in [0.15, 0.2) is 0 Å². The molecule has 134 valence electrons. The summed E-state index contributed by atoms with van der Waals surface area (Å²) < 4.78 is 4.86. The van der Waals surface area contributed by atoms with Crippen LogP contribution in [0.25, 0.3) is 0 Å². The highest BCUT2D eigenvalue weighted by Gasteiger charge is 2.23. The Labute approximate surface area is 147 Å². The maximum Gasteiger partial charge on any atom is 0.411 e. The van der Waals surface area contributed by atoms with Gasteiger partial charge in [-0.05, 0) is 37.5 Å². The van der Waals surface area contributed by atoms with Gasteiger partial charge < -0.3 is 10.1 Å². The van der Waals surface area contributed by atoms with Crippen LogP contribution < -0.4 is 10.6 Å². The lowest BCUT2D eigenvalue weighted by Gasteiger charge is -2.20. The first-order chi connectivity index (χ1) is 12.0. The Morgan fingerprint density at radius 1 is 1.28 bits per heavy atom. The van der Waals surface area contributed by atoms with E-state index in [1.807, 2.05) is 6.92 Å². The first-order valence-electron chi connectivity index (χ1n) is 8.28. The summed E-state index contributed by atoms with van der Waals surface area (Å²) in [6, 6.07) is 4.66. The number of anilines is 2. The average molecular weight is 345 g/mol. The van der Waals surface area contributed by atoms with Gasteiger partial charge in [0.05, 0.1) is 0 Å². The molecule has 0 aliphatic carbocycles. The van der Waals surface area contributed by atoms with E-state index < -0.39 is 12.1 Å². The van der Waals surface area contributed by atoms with Crippen LogP contribution in [0.2, 0.25) is 0 Å². The number of carbonyl (C=O) groups excluding carboxylic acids is 3. The fraction of sp³-hybridized carbons (Fsp3) is 0.389. The number of nitrogens with zero attached hydrogens (tertiary/aromatic N) is 1. The second-order valence-corrected chi connectivity index (χ2v) is 5.83. The summed E-state index contributed by atoms with van der Waals surface area (Å²) >= 11 is 0. The third-order valence-electron chi connectivity index (χ3n) is 3.88. The van der Waals surface area contributed by atoms with Crippen molar-refractivity contribution in [2.45, 2.75) is 32.6 Å². The van der Waals surface area contributed by atoms with Gasteiger partial charge >= 0.3 is 12.1 Å². The van der Waals surface area contributed by atoms with Gasteiger partial charge in [0.1, 0.15) is 6.61 Å². The first-order valence-corrected chi connectivity index (χ1v) is 8.28. The molecule has 4 amide bonds. The molecule has 1 aromatic carbocycles. The normalized spacial score (nSPS) is 14.4. The Morgan fingerprint density at radius 3 is 2.84 bits per heavy atom. The van der Waals surface area contributed by atoms with Crippen LogP contribution in [0.5, 0.6) is 0 Å². The van der Waals surface area contributed by atoms with Crippen LogP contribution >= 0.6 is 0 Å². The zero-order valence-corrected chi connectivity index (χ0v) is 14.3. The van der Waals surface area contributed by atoms with E-state index in [2.05, 4.69) is 17.2 Å². The predicted molar refractivity (Wildman–Crippen MR) is 95.5 cm³/mol. The number of nitrogens with one attached hydrogen (secondary N) is 2. The fourth-order valence-corrected chi connectivity index (χ4v) is 2.50. The molecule has 0 unspecified atom stereocenters. The summed E-state index contributed by atoms with van der Waals surface area (Å²) in [6.07, 6.45) is 3.83. The molecule has 7 heteroatoms. The smallest absolute Gasteiger partial charge is 0.411 e. The molecule has 0 bridgehead atoms. The number of amides is 4. The second-order valence-electron chi connectivity index (χ2n) is 5.83. The molecule has 1 aromatic rings. The Bertz CT molecular complexity index is 672. The Morgan fingerprint density at radius 2 is 2.08 bits per heavy atom. The molecule has 1 aliphatic rings. The molecule has 1 saturated heterocycles. The van der Waals surface area contributed by atoms with Crippen molar-refractivity contribution in [2.75, 3.05) is 23.8 Å². The van der Waals surface area contributed by atoms with Crippen molar-refractivity contribution in [1.29, 1.82) is 0 Å². The molecule has 2 N–H and O–H groups in total. The molecule has 0 spiro atoms. The number of rotatable bonds is 4. The average Bonchev–Trinajstić information content (AvgIpc) is 2.80. The van der Waals surface area contributed by atoms with Gasteiger partial charge in [0.25, 0.3) is 0 Å². The number of hydrogen-bond donors (Lipinski definition) is 2. The van der Waals surface area contributed by atoms with Crippen LogP contribution in [0.4, 0.5) is 21.0 Å². The summed E-state index contributed by atoms with van der Waals surface area (Å²) in [5.74, 6) is -0.157. The van der Waals surface area contributed by atoms with E-state index in [0.717, 1.165) is 24.8 Å². The summed E-state index contributed by atoms with van der Waals surface area (Å²) in [5.41, 5.74) is 1.83. The lowest BCUT2D eigenvalue weighted by atomic mass is 10.2. The van der Waals surface area contributed by atoms with Crippen LogP contribution in [-0.2, 0) is 9.53 Å². The van der Waals surface area contributed by atoms with E-state index in [-0.39, 0.29) is 12.5 Å². The molecule has 1 aliphatic heterocycles. The van der Waals surface area contributed by atoms with Crippen molar-refractivity contribution in [2.24, 2.45) is 0 Å². The topological polar surface area (TPSA) is 87.7 Å². The summed E-state index contributed by atoms with van der Waals surface area (Å²) in [6.45, 7) is 5.84. The summed E-state index contributed by atoms with van der Waals surface area (Å²) in [5, 5.41) is 5.33. The van der Waals surface area contributed by atoms with Gasteiger partial charge in [0.2, 0.25) is 5.91 Å². The summed E-state index contributed by atoms with van der Waals surface area (Å²) in [4.78, 5) is 37.3. The highest BCUT2D eigenvalue weighted by atomic mass is 16.5. The minimum atomic E-state index is -0.608. The van der Waals surface area contributed by atoms with Crippen molar-refractivity contribution >= 4 is 29.4 Å². The molecule has 0 saturated carbocycles. The molecule has 1 fully saturated rings. The highest BCUT2D eigenvalue weighted by molar-refractivity contribution is 6.02. The van der Waals surface area contributed by atoms with Crippen molar-refractivity contribution in [1.82, 2.24) is 4.90 Å². The molecule has 1 heterocycles. The van der Waals surface area contributed by atoms with Crippen molar-refractivity contribution in [3.05, 3.63) is 36.4 Å². The number of benzene rings is 1. The standard InChI is InChI=1S/C18H23N3O4/c1-3-11-25-18(24)19-14-9-8-13(2)15(12-14)20-17(23)21-10-6-4-5-7-16(21)22/h3,8-9,12H,1,4-7,10-11H2,2H3,(H,19,24)(H,20,23). The van der Waals surface area contributed by atoms with Crippen molar-refractivity contribution in [3.8, 4) is 0 Å². The van der Waals surface area contributed by atoms with Crippen LogP contribution in [0.15, 0.2) is 30.9 Å². The molecular weight excluding hydrogens is 322 g/mol. The fourth-order valence-electron chi connectivity index (χ4n) is 2.50. The minimum absolute atomic E-state index is 0.109. The van der Waals surface area contributed by atoms with Crippen molar-refractivity contribution < 1.29 is 19.1 Å².